The number of aliphatic hydroxyl groups is 1. The Hall–Kier alpha value is -0.810. The summed E-state index contributed by atoms with van der Waals surface area (Å²) < 4.78 is 5.26. The highest BCUT2D eigenvalue weighted by atomic mass is 16.5. The third-order valence-electron chi connectivity index (χ3n) is 2.95. The van der Waals surface area contributed by atoms with Gasteiger partial charge in [0.25, 0.3) is 0 Å². The van der Waals surface area contributed by atoms with Gasteiger partial charge >= 0.3 is 6.09 Å². The number of ether oxygens (including phenoxy) is 1. The lowest BCUT2D eigenvalue weighted by atomic mass is 9.82. The molecule has 5 nitrogen and oxygen atoms in total. The van der Waals surface area contributed by atoms with E-state index in [1.807, 2.05) is 0 Å². The van der Waals surface area contributed by atoms with Crippen LogP contribution in [0.3, 0.4) is 0 Å². The maximum absolute atomic E-state index is 10.4. The number of amides is 1. The summed E-state index contributed by atoms with van der Waals surface area (Å²) in [4.78, 5) is 10.4. The molecule has 1 fully saturated rings. The van der Waals surface area contributed by atoms with E-state index in [0.29, 0.717) is 12.8 Å². The number of aliphatic hydroxyl groups excluding tert-OH is 1. The number of hydrogen-bond acceptors (Lipinski definition) is 3. The van der Waals surface area contributed by atoms with Crippen LogP contribution in [0, 0.1) is 0 Å². The van der Waals surface area contributed by atoms with Gasteiger partial charge in [0, 0.05) is 13.2 Å². The Morgan fingerprint density at radius 3 is 2.50 bits per heavy atom. The largest absolute Gasteiger partial charge is 0.465 e. The summed E-state index contributed by atoms with van der Waals surface area (Å²) in [5, 5.41) is 20.1. The van der Waals surface area contributed by atoms with Gasteiger partial charge in [-0.15, -0.1) is 0 Å². The Labute approximate surface area is 83.1 Å². The van der Waals surface area contributed by atoms with E-state index in [9.17, 15) is 4.79 Å². The smallest absolute Gasteiger partial charge is 0.404 e. The van der Waals surface area contributed by atoms with Gasteiger partial charge in [-0.1, -0.05) is 0 Å². The number of nitrogens with one attached hydrogen (secondary N) is 1. The second kappa shape index (κ2) is 4.61. The van der Waals surface area contributed by atoms with Gasteiger partial charge in [-0.3, -0.25) is 0 Å². The maximum atomic E-state index is 10.4. The van der Waals surface area contributed by atoms with Crippen LogP contribution in [-0.4, -0.2) is 41.7 Å². The van der Waals surface area contributed by atoms with E-state index in [2.05, 4.69) is 5.32 Å². The van der Waals surface area contributed by atoms with Crippen LogP contribution >= 0.6 is 0 Å². The first kappa shape index (κ1) is 11.3. The summed E-state index contributed by atoms with van der Waals surface area (Å²) >= 11 is 0. The summed E-state index contributed by atoms with van der Waals surface area (Å²) in [7, 11) is 1.58. The van der Waals surface area contributed by atoms with Gasteiger partial charge in [-0.05, 0) is 25.7 Å². The van der Waals surface area contributed by atoms with Crippen LogP contribution in [0.4, 0.5) is 4.79 Å². The molecule has 0 aromatic heterocycles. The molecule has 0 spiro atoms. The molecule has 0 unspecified atom stereocenters. The van der Waals surface area contributed by atoms with Crippen LogP contribution < -0.4 is 5.32 Å². The number of hydrogen-bond donors (Lipinski definition) is 3. The lowest BCUT2D eigenvalue weighted by molar-refractivity contribution is -0.0792. The first-order valence-electron chi connectivity index (χ1n) is 4.77. The Morgan fingerprint density at radius 2 is 2.14 bits per heavy atom. The number of carboxylic acid groups (broad SMARTS) is 1. The monoisotopic (exact) mass is 203 g/mol. The number of methoxy groups -OCH3 is 1. The molecule has 0 saturated heterocycles. The molecule has 0 atom stereocenters. The second-order valence-electron chi connectivity index (χ2n) is 3.77. The van der Waals surface area contributed by atoms with Crippen LogP contribution in [-0.2, 0) is 4.74 Å². The van der Waals surface area contributed by atoms with Gasteiger partial charge in [-0.25, -0.2) is 4.79 Å². The Kier molecular flexibility index (Phi) is 3.71. The van der Waals surface area contributed by atoms with Crippen molar-refractivity contribution < 1.29 is 19.7 Å². The molecule has 0 aromatic rings. The van der Waals surface area contributed by atoms with Crippen molar-refractivity contribution in [2.45, 2.75) is 37.3 Å². The highest BCUT2D eigenvalue weighted by molar-refractivity contribution is 5.64. The van der Waals surface area contributed by atoms with Gasteiger partial charge in [0.15, 0.2) is 0 Å². The van der Waals surface area contributed by atoms with Crippen LogP contribution in [0.2, 0.25) is 0 Å². The zero-order valence-electron chi connectivity index (χ0n) is 8.32. The molecule has 0 radical (unpaired) electrons. The van der Waals surface area contributed by atoms with E-state index in [-0.39, 0.29) is 12.6 Å². The third kappa shape index (κ3) is 2.59. The molecular formula is C9H17NO4. The Morgan fingerprint density at radius 1 is 1.57 bits per heavy atom. The molecule has 0 heterocycles. The molecule has 1 rings (SSSR count). The van der Waals surface area contributed by atoms with E-state index in [0.717, 1.165) is 12.8 Å². The summed E-state index contributed by atoms with van der Waals surface area (Å²) in [6.45, 7) is 0.00327. The van der Waals surface area contributed by atoms with Gasteiger partial charge in [0.2, 0.25) is 0 Å². The minimum atomic E-state index is -0.982. The van der Waals surface area contributed by atoms with Gasteiger partial charge < -0.3 is 20.3 Å². The van der Waals surface area contributed by atoms with Gasteiger partial charge in [0.1, 0.15) is 0 Å². The predicted molar refractivity (Wildman–Crippen MR) is 50.2 cm³/mol. The molecule has 1 amide bonds. The molecule has 1 aliphatic carbocycles. The molecule has 0 aliphatic heterocycles. The predicted octanol–water partition coefficient (Wildman–Crippen LogP) is 0.574. The minimum absolute atomic E-state index is 0.00215. The lowest BCUT2D eigenvalue weighted by Crippen LogP contribution is -2.45. The van der Waals surface area contributed by atoms with E-state index in [4.69, 9.17) is 14.9 Å². The van der Waals surface area contributed by atoms with Crippen molar-refractivity contribution in [3.63, 3.8) is 0 Å². The Bertz CT molecular complexity index is 193. The fourth-order valence-electron chi connectivity index (χ4n) is 1.89. The van der Waals surface area contributed by atoms with E-state index >= 15 is 0 Å². The molecule has 14 heavy (non-hydrogen) atoms. The number of carbonyl (C=O) groups is 1. The van der Waals surface area contributed by atoms with Crippen LogP contribution in [0.5, 0.6) is 0 Å². The van der Waals surface area contributed by atoms with Gasteiger partial charge in [-0.2, -0.15) is 0 Å². The highest BCUT2D eigenvalue weighted by Gasteiger charge is 2.35. The van der Waals surface area contributed by atoms with E-state index < -0.39 is 11.7 Å². The van der Waals surface area contributed by atoms with E-state index in [1.165, 1.54) is 0 Å². The minimum Gasteiger partial charge on any atom is -0.465 e. The standard InChI is InChI=1S/C9H17NO4/c1-14-9(6-11)4-2-7(3-5-9)10-8(12)13/h7,10-11H,2-6H2,1H3,(H,12,13)/t7-,9-. The van der Waals surface area contributed by atoms with Crippen LogP contribution in [0.1, 0.15) is 25.7 Å². The molecule has 82 valence electrons. The van der Waals surface area contributed by atoms with Crippen LogP contribution in [0.15, 0.2) is 0 Å². The SMILES string of the molecule is CO[C@]1(CO)CC[C@@H](NC(=O)O)CC1. The molecule has 5 heteroatoms. The third-order valence-corrected chi connectivity index (χ3v) is 2.95. The average Bonchev–Trinajstić information content (AvgIpc) is 2.19. The van der Waals surface area contributed by atoms with E-state index in [1.54, 1.807) is 7.11 Å². The Balaban J connectivity index is 2.40. The fourth-order valence-corrected chi connectivity index (χ4v) is 1.89. The molecule has 0 bridgehead atoms. The fraction of sp³-hybridized carbons (Fsp3) is 0.889. The number of rotatable bonds is 3. The maximum Gasteiger partial charge on any atom is 0.404 e. The van der Waals surface area contributed by atoms with Crippen molar-refractivity contribution in [1.29, 1.82) is 0 Å². The van der Waals surface area contributed by atoms with Crippen molar-refractivity contribution in [3.8, 4) is 0 Å². The first-order chi connectivity index (χ1) is 6.62. The zero-order valence-corrected chi connectivity index (χ0v) is 8.32. The zero-order chi connectivity index (χ0) is 10.6. The van der Waals surface area contributed by atoms with Crippen molar-refractivity contribution in [3.05, 3.63) is 0 Å². The molecule has 0 aromatic carbocycles. The molecule has 1 aliphatic rings. The summed E-state index contributed by atoms with van der Waals surface area (Å²) in [6, 6.07) is 0.00215. The van der Waals surface area contributed by atoms with Crippen LogP contribution in [0.25, 0.3) is 0 Å². The quantitative estimate of drug-likeness (QED) is 0.626. The summed E-state index contributed by atoms with van der Waals surface area (Å²) in [5.74, 6) is 0. The van der Waals surface area contributed by atoms with Crippen molar-refractivity contribution in [1.82, 2.24) is 5.32 Å². The highest BCUT2D eigenvalue weighted by Crippen LogP contribution is 2.30. The molecular weight excluding hydrogens is 186 g/mol. The summed E-state index contributed by atoms with van der Waals surface area (Å²) in [6.07, 6.45) is 1.86. The average molecular weight is 203 g/mol. The first-order valence-corrected chi connectivity index (χ1v) is 4.77. The van der Waals surface area contributed by atoms with Crippen molar-refractivity contribution in [2.75, 3.05) is 13.7 Å². The van der Waals surface area contributed by atoms with Crippen molar-refractivity contribution in [2.24, 2.45) is 0 Å². The van der Waals surface area contributed by atoms with Gasteiger partial charge in [0.05, 0.1) is 12.2 Å². The second-order valence-corrected chi connectivity index (χ2v) is 3.77. The topological polar surface area (TPSA) is 78.8 Å². The molecule has 3 N–H and O–H groups in total. The normalized spacial score (nSPS) is 32.6. The van der Waals surface area contributed by atoms with Crippen molar-refractivity contribution >= 4 is 6.09 Å². The summed E-state index contributed by atoms with van der Waals surface area (Å²) in [5.41, 5.74) is -0.448. The molecule has 1 saturated carbocycles. The lowest BCUT2D eigenvalue weighted by Gasteiger charge is -2.37.